The number of hydrogen-bond donors (Lipinski definition) is 1. The largest absolute Gasteiger partial charge is 0.355 e. The molecule has 0 unspecified atom stereocenters. The van der Waals surface area contributed by atoms with E-state index in [0.29, 0.717) is 5.91 Å². The zero-order valence-electron chi connectivity index (χ0n) is 13.6. The predicted octanol–water partition coefficient (Wildman–Crippen LogP) is 3.61. The SMILES string of the molecule is O=C(NC[C@H]1C[C@H]2C[C@@H]1[C@H]1C[C@H]21)C12CC3CC(CC(C3)C1)C2. The number of carbonyl (C=O) groups is 1. The fraction of sp³-hybridized carbons (Fsp3) is 0.950. The van der Waals surface area contributed by atoms with Gasteiger partial charge in [-0.3, -0.25) is 4.79 Å². The van der Waals surface area contributed by atoms with Gasteiger partial charge in [-0.2, -0.15) is 0 Å². The average Bonchev–Trinajstić information content (AvgIpc) is 3.09. The molecule has 0 radical (unpaired) electrons. The highest BCUT2D eigenvalue weighted by atomic mass is 16.2. The minimum Gasteiger partial charge on any atom is -0.355 e. The molecule has 6 bridgehead atoms. The average molecular weight is 299 g/mol. The van der Waals surface area contributed by atoms with Crippen LogP contribution in [0.2, 0.25) is 0 Å². The molecular weight excluding hydrogens is 270 g/mol. The highest BCUT2D eigenvalue weighted by molar-refractivity contribution is 5.83. The van der Waals surface area contributed by atoms with Crippen molar-refractivity contribution >= 4 is 5.91 Å². The normalized spacial score (nSPS) is 59.6. The van der Waals surface area contributed by atoms with Crippen LogP contribution in [0.15, 0.2) is 0 Å². The summed E-state index contributed by atoms with van der Waals surface area (Å²) in [6.45, 7) is 1.00. The molecule has 1 N–H and O–H groups in total. The van der Waals surface area contributed by atoms with Gasteiger partial charge in [-0.1, -0.05) is 0 Å². The Kier molecular flexibility index (Phi) is 2.40. The number of rotatable bonds is 3. The third-order valence-corrected chi connectivity index (χ3v) is 8.88. The molecule has 2 nitrogen and oxygen atoms in total. The smallest absolute Gasteiger partial charge is 0.226 e. The Hall–Kier alpha value is -0.530. The van der Waals surface area contributed by atoms with Gasteiger partial charge >= 0.3 is 0 Å². The van der Waals surface area contributed by atoms with Crippen LogP contribution >= 0.6 is 0 Å². The summed E-state index contributed by atoms with van der Waals surface area (Å²) in [5.74, 6) is 8.13. The summed E-state index contributed by atoms with van der Waals surface area (Å²) in [7, 11) is 0. The molecule has 0 aromatic carbocycles. The van der Waals surface area contributed by atoms with Crippen LogP contribution < -0.4 is 5.32 Å². The van der Waals surface area contributed by atoms with Gasteiger partial charge in [0, 0.05) is 12.0 Å². The number of hydrogen-bond acceptors (Lipinski definition) is 1. The van der Waals surface area contributed by atoms with Gasteiger partial charge in [0.25, 0.3) is 0 Å². The van der Waals surface area contributed by atoms with E-state index >= 15 is 0 Å². The Balaban J connectivity index is 1.14. The summed E-state index contributed by atoms with van der Waals surface area (Å²) < 4.78 is 0. The fourth-order valence-corrected chi connectivity index (χ4v) is 8.38. The van der Waals surface area contributed by atoms with Crippen LogP contribution in [0, 0.1) is 52.8 Å². The third kappa shape index (κ3) is 1.65. The summed E-state index contributed by atoms with van der Waals surface area (Å²) >= 11 is 0. The van der Waals surface area contributed by atoms with Crippen LogP contribution in [0.3, 0.4) is 0 Å². The maximum absolute atomic E-state index is 13.0. The molecule has 0 saturated heterocycles. The van der Waals surface area contributed by atoms with Gasteiger partial charge in [0.1, 0.15) is 0 Å². The van der Waals surface area contributed by atoms with Crippen molar-refractivity contribution in [3.05, 3.63) is 0 Å². The van der Waals surface area contributed by atoms with Crippen molar-refractivity contribution in [2.75, 3.05) is 6.54 Å². The lowest BCUT2D eigenvalue weighted by atomic mass is 9.49. The molecule has 7 aliphatic carbocycles. The topological polar surface area (TPSA) is 29.1 Å². The van der Waals surface area contributed by atoms with Gasteiger partial charge in [-0.05, 0) is 105 Å². The van der Waals surface area contributed by atoms with Crippen molar-refractivity contribution in [1.82, 2.24) is 5.32 Å². The standard InChI is InChI=1S/C20H29NO/c22-19(20-7-11-1-12(8-20)3-13(2-11)9-20)21-10-15-4-14-5-16(15)18-6-17(14)18/h11-18H,1-10H2,(H,21,22)/t11?,12?,13?,14-,15+,16-,17+,18+,20?/m0/s1. The maximum Gasteiger partial charge on any atom is 0.226 e. The zero-order valence-corrected chi connectivity index (χ0v) is 13.6. The van der Waals surface area contributed by atoms with E-state index < -0.39 is 0 Å². The molecular formula is C20H29NO. The van der Waals surface area contributed by atoms with Crippen molar-refractivity contribution < 1.29 is 4.79 Å². The van der Waals surface area contributed by atoms with Crippen LogP contribution in [0.5, 0.6) is 0 Å². The van der Waals surface area contributed by atoms with E-state index in [1.54, 1.807) is 0 Å². The monoisotopic (exact) mass is 299 g/mol. The molecule has 0 aromatic rings. The van der Waals surface area contributed by atoms with E-state index in [0.717, 1.165) is 53.9 Å². The summed E-state index contributed by atoms with van der Waals surface area (Å²) in [6.07, 6.45) is 12.4. The Morgan fingerprint density at radius 1 is 0.818 bits per heavy atom. The first-order valence-electron chi connectivity index (χ1n) is 9.98. The van der Waals surface area contributed by atoms with Crippen molar-refractivity contribution in [3.8, 4) is 0 Å². The molecule has 0 aromatic heterocycles. The Labute approximate surface area is 133 Å². The van der Waals surface area contributed by atoms with E-state index in [-0.39, 0.29) is 5.41 Å². The second-order valence-corrected chi connectivity index (χ2v) is 10.1. The third-order valence-electron chi connectivity index (χ3n) is 8.88. The molecule has 0 heterocycles. The summed E-state index contributed by atoms with van der Waals surface area (Å²) in [6, 6.07) is 0. The molecule has 7 aliphatic rings. The van der Waals surface area contributed by atoms with E-state index in [1.165, 1.54) is 57.8 Å². The molecule has 7 rings (SSSR count). The minimum absolute atomic E-state index is 0.0640. The van der Waals surface area contributed by atoms with Gasteiger partial charge in [-0.15, -0.1) is 0 Å². The van der Waals surface area contributed by atoms with Crippen LogP contribution in [-0.4, -0.2) is 12.5 Å². The molecule has 1 amide bonds. The van der Waals surface area contributed by atoms with E-state index in [2.05, 4.69) is 5.32 Å². The quantitative estimate of drug-likeness (QED) is 0.847. The van der Waals surface area contributed by atoms with Crippen molar-refractivity contribution in [2.24, 2.45) is 52.8 Å². The van der Waals surface area contributed by atoms with Crippen molar-refractivity contribution in [3.63, 3.8) is 0 Å². The molecule has 5 atom stereocenters. The van der Waals surface area contributed by atoms with Crippen LogP contribution in [0.1, 0.15) is 57.8 Å². The predicted molar refractivity (Wildman–Crippen MR) is 84.9 cm³/mol. The van der Waals surface area contributed by atoms with Crippen molar-refractivity contribution in [1.29, 1.82) is 0 Å². The summed E-state index contributed by atoms with van der Waals surface area (Å²) in [5, 5.41) is 3.47. The number of amides is 1. The lowest BCUT2D eigenvalue weighted by Crippen LogP contribution is -2.54. The first-order chi connectivity index (χ1) is 10.7. The van der Waals surface area contributed by atoms with E-state index in [9.17, 15) is 4.79 Å². The Morgan fingerprint density at radius 2 is 1.50 bits per heavy atom. The summed E-state index contributed by atoms with van der Waals surface area (Å²) in [5.41, 5.74) is 0.0640. The molecule has 0 aliphatic heterocycles. The van der Waals surface area contributed by atoms with Gasteiger partial charge in [-0.25, -0.2) is 0 Å². The molecule has 120 valence electrons. The molecule has 7 fully saturated rings. The van der Waals surface area contributed by atoms with Crippen molar-refractivity contribution in [2.45, 2.75) is 57.8 Å². The number of carbonyl (C=O) groups excluding carboxylic acids is 1. The molecule has 0 spiro atoms. The Morgan fingerprint density at radius 3 is 2.09 bits per heavy atom. The van der Waals surface area contributed by atoms with Crippen LogP contribution in [0.4, 0.5) is 0 Å². The first kappa shape index (κ1) is 12.8. The highest BCUT2D eigenvalue weighted by Crippen LogP contribution is 2.67. The fourth-order valence-electron chi connectivity index (χ4n) is 8.38. The number of nitrogens with one attached hydrogen (secondary N) is 1. The lowest BCUT2D eigenvalue weighted by Gasteiger charge is -2.55. The van der Waals surface area contributed by atoms with E-state index in [4.69, 9.17) is 0 Å². The number of fused-ring (bicyclic) bond motifs is 5. The zero-order chi connectivity index (χ0) is 14.5. The molecule has 2 heteroatoms. The minimum atomic E-state index is 0.0640. The molecule has 22 heavy (non-hydrogen) atoms. The van der Waals surface area contributed by atoms with Gasteiger partial charge in [0.15, 0.2) is 0 Å². The second-order valence-electron chi connectivity index (χ2n) is 10.1. The first-order valence-corrected chi connectivity index (χ1v) is 9.98. The summed E-state index contributed by atoms with van der Waals surface area (Å²) in [4.78, 5) is 13.0. The van der Waals surface area contributed by atoms with E-state index in [1.807, 2.05) is 0 Å². The Bertz CT molecular complexity index is 491. The lowest BCUT2D eigenvalue weighted by molar-refractivity contribution is -0.146. The van der Waals surface area contributed by atoms with Gasteiger partial charge in [0.2, 0.25) is 5.91 Å². The van der Waals surface area contributed by atoms with Crippen LogP contribution in [-0.2, 0) is 4.79 Å². The molecule has 7 saturated carbocycles. The maximum atomic E-state index is 13.0. The highest BCUT2D eigenvalue weighted by Gasteiger charge is 2.61. The second kappa shape index (κ2) is 4.11. The van der Waals surface area contributed by atoms with Gasteiger partial charge in [0.05, 0.1) is 0 Å². The van der Waals surface area contributed by atoms with Gasteiger partial charge < -0.3 is 5.32 Å². The van der Waals surface area contributed by atoms with Crippen LogP contribution in [0.25, 0.3) is 0 Å².